The van der Waals surface area contributed by atoms with Crippen LogP contribution < -0.4 is 0 Å². The Morgan fingerprint density at radius 1 is 1.07 bits per heavy atom. The molecule has 0 aliphatic heterocycles. The van der Waals surface area contributed by atoms with E-state index in [0.717, 1.165) is 12.7 Å². The lowest BCUT2D eigenvalue weighted by Crippen LogP contribution is -2.25. The quantitative estimate of drug-likeness (QED) is 0.319. The van der Waals surface area contributed by atoms with Crippen LogP contribution in [0.3, 0.4) is 0 Å². The molecule has 0 heterocycles. The van der Waals surface area contributed by atoms with Crippen molar-refractivity contribution >= 4 is 17.5 Å². The molecule has 78 valence electrons. The van der Waals surface area contributed by atoms with Crippen LogP contribution in [0.4, 0.5) is 0 Å². The number of esters is 1. The lowest BCUT2D eigenvalue weighted by Gasteiger charge is -1.99. The number of rotatable bonds is 3. The monoisotopic (exact) mass is 206 g/mol. The van der Waals surface area contributed by atoms with Crippen molar-refractivity contribution in [1.29, 1.82) is 0 Å². The topological polar surface area (TPSA) is 60.4 Å². The van der Waals surface area contributed by atoms with E-state index >= 15 is 0 Å². The predicted octanol–water partition coefficient (Wildman–Crippen LogP) is 0.920. The maximum Gasteiger partial charge on any atom is 0.383 e. The van der Waals surface area contributed by atoms with Gasteiger partial charge in [-0.3, -0.25) is 9.59 Å². The molecule has 0 radical (unpaired) electrons. The molecule has 15 heavy (non-hydrogen) atoms. The molecule has 0 atom stereocenters. The highest BCUT2D eigenvalue weighted by molar-refractivity contribution is 6.65. The minimum absolute atomic E-state index is 0.191. The van der Waals surface area contributed by atoms with Gasteiger partial charge in [0.1, 0.15) is 0 Å². The maximum absolute atomic E-state index is 11.4. The molecule has 0 fully saturated rings. The summed E-state index contributed by atoms with van der Waals surface area (Å²) >= 11 is 0. The smallest absolute Gasteiger partial charge is 0.383 e. The summed E-state index contributed by atoms with van der Waals surface area (Å²) in [5.41, 5.74) is 1.16. The van der Waals surface area contributed by atoms with E-state index < -0.39 is 17.5 Å². The van der Waals surface area contributed by atoms with Crippen LogP contribution in [0.2, 0.25) is 0 Å². The molecule has 0 unspecified atom stereocenters. The molecule has 1 aromatic carbocycles. The molecular formula is C11H10O4. The molecule has 0 amide bonds. The summed E-state index contributed by atoms with van der Waals surface area (Å²) in [5, 5.41) is 0. The summed E-state index contributed by atoms with van der Waals surface area (Å²) in [6.07, 6.45) is 0. The number of carbonyl (C=O) groups is 3. The van der Waals surface area contributed by atoms with Gasteiger partial charge in [0.2, 0.25) is 5.78 Å². The zero-order valence-electron chi connectivity index (χ0n) is 8.44. The van der Waals surface area contributed by atoms with E-state index in [1.165, 1.54) is 12.1 Å². The third-order valence-corrected chi connectivity index (χ3v) is 1.89. The van der Waals surface area contributed by atoms with Crippen LogP contribution in [0.25, 0.3) is 0 Å². The minimum atomic E-state index is -1.15. The van der Waals surface area contributed by atoms with Gasteiger partial charge in [-0.1, -0.05) is 29.8 Å². The summed E-state index contributed by atoms with van der Waals surface area (Å²) < 4.78 is 4.17. The van der Waals surface area contributed by atoms with Gasteiger partial charge in [-0.15, -0.1) is 0 Å². The van der Waals surface area contributed by atoms with Crippen molar-refractivity contribution in [2.24, 2.45) is 0 Å². The second kappa shape index (κ2) is 4.50. The Morgan fingerprint density at radius 2 is 1.60 bits per heavy atom. The summed E-state index contributed by atoms with van der Waals surface area (Å²) in [5.74, 6) is -3.14. The fourth-order valence-electron chi connectivity index (χ4n) is 1.02. The Labute approximate surface area is 86.9 Å². The van der Waals surface area contributed by atoms with Gasteiger partial charge < -0.3 is 4.74 Å². The molecule has 0 saturated heterocycles. The molecule has 0 bridgehead atoms. The van der Waals surface area contributed by atoms with Crippen molar-refractivity contribution in [3.05, 3.63) is 35.4 Å². The zero-order chi connectivity index (χ0) is 11.4. The van der Waals surface area contributed by atoms with E-state index in [1.807, 2.05) is 6.92 Å². The lowest BCUT2D eigenvalue weighted by atomic mass is 10.1. The van der Waals surface area contributed by atoms with E-state index in [1.54, 1.807) is 12.1 Å². The summed E-state index contributed by atoms with van der Waals surface area (Å²) in [7, 11) is 1.06. The maximum atomic E-state index is 11.4. The van der Waals surface area contributed by atoms with Gasteiger partial charge in [-0.2, -0.15) is 0 Å². The number of Topliss-reactive ketones (excluding diaryl/α,β-unsaturated/α-hetero) is 2. The third kappa shape index (κ3) is 2.49. The van der Waals surface area contributed by atoms with Gasteiger partial charge in [0.15, 0.2) is 0 Å². The zero-order valence-corrected chi connectivity index (χ0v) is 8.44. The largest absolute Gasteiger partial charge is 0.463 e. The first-order chi connectivity index (χ1) is 7.06. The van der Waals surface area contributed by atoms with Gasteiger partial charge >= 0.3 is 11.8 Å². The van der Waals surface area contributed by atoms with Crippen LogP contribution in [0, 0.1) is 6.92 Å². The second-order valence-electron chi connectivity index (χ2n) is 3.02. The SMILES string of the molecule is COC(=O)C(=O)C(=O)c1ccc(C)cc1. The van der Waals surface area contributed by atoms with Crippen molar-refractivity contribution in [2.75, 3.05) is 7.11 Å². The number of hydrogen-bond acceptors (Lipinski definition) is 4. The fourth-order valence-corrected chi connectivity index (χ4v) is 1.02. The molecule has 4 heteroatoms. The van der Waals surface area contributed by atoms with Crippen LogP contribution in [-0.2, 0) is 14.3 Å². The number of ether oxygens (including phenoxy) is 1. The molecule has 0 aromatic heterocycles. The van der Waals surface area contributed by atoms with Gasteiger partial charge in [-0.05, 0) is 6.92 Å². The molecule has 1 rings (SSSR count). The molecule has 0 aliphatic carbocycles. The van der Waals surface area contributed by atoms with E-state index in [9.17, 15) is 14.4 Å². The van der Waals surface area contributed by atoms with Gasteiger partial charge in [0.25, 0.3) is 0 Å². The van der Waals surface area contributed by atoms with E-state index in [2.05, 4.69) is 4.74 Å². The number of benzene rings is 1. The molecule has 0 saturated carbocycles. The number of methoxy groups -OCH3 is 1. The molecule has 0 aliphatic rings. The summed E-state index contributed by atoms with van der Waals surface area (Å²) in [6.45, 7) is 1.86. The highest BCUT2D eigenvalue weighted by Gasteiger charge is 2.24. The normalized spacial score (nSPS) is 9.47. The molecule has 4 nitrogen and oxygen atoms in total. The van der Waals surface area contributed by atoms with Gasteiger partial charge in [0.05, 0.1) is 7.11 Å². The Bertz CT molecular complexity index is 403. The van der Waals surface area contributed by atoms with Crippen LogP contribution in [0.15, 0.2) is 24.3 Å². The van der Waals surface area contributed by atoms with E-state index in [4.69, 9.17) is 0 Å². The third-order valence-electron chi connectivity index (χ3n) is 1.89. The predicted molar refractivity (Wildman–Crippen MR) is 52.5 cm³/mol. The molecular weight excluding hydrogens is 196 g/mol. The van der Waals surface area contributed by atoms with Crippen molar-refractivity contribution in [3.63, 3.8) is 0 Å². The first kappa shape index (κ1) is 11.1. The van der Waals surface area contributed by atoms with Crippen LogP contribution in [0.5, 0.6) is 0 Å². The summed E-state index contributed by atoms with van der Waals surface area (Å²) in [4.78, 5) is 33.3. The number of carbonyl (C=O) groups excluding carboxylic acids is 3. The highest BCUT2D eigenvalue weighted by atomic mass is 16.5. The van der Waals surface area contributed by atoms with Crippen molar-refractivity contribution in [1.82, 2.24) is 0 Å². The highest BCUT2D eigenvalue weighted by Crippen LogP contribution is 2.04. The Hall–Kier alpha value is -1.97. The van der Waals surface area contributed by atoms with Crippen molar-refractivity contribution in [2.45, 2.75) is 6.92 Å². The first-order valence-corrected chi connectivity index (χ1v) is 4.30. The van der Waals surface area contributed by atoms with E-state index in [-0.39, 0.29) is 5.56 Å². The number of ketones is 2. The van der Waals surface area contributed by atoms with Crippen molar-refractivity contribution in [3.8, 4) is 0 Å². The van der Waals surface area contributed by atoms with E-state index in [0.29, 0.717) is 0 Å². The first-order valence-electron chi connectivity index (χ1n) is 4.30. The Balaban J connectivity index is 2.90. The lowest BCUT2D eigenvalue weighted by molar-refractivity contribution is -0.149. The van der Waals surface area contributed by atoms with Gasteiger partial charge in [0, 0.05) is 5.56 Å². The van der Waals surface area contributed by atoms with Gasteiger partial charge in [-0.25, -0.2) is 4.79 Å². The standard InChI is InChI=1S/C11H10O4/c1-7-3-5-8(6-4-7)9(12)10(13)11(14)15-2/h3-6H,1-2H3. The average molecular weight is 206 g/mol. The van der Waals surface area contributed by atoms with Crippen LogP contribution >= 0.6 is 0 Å². The molecule has 0 N–H and O–H groups in total. The van der Waals surface area contributed by atoms with Crippen LogP contribution in [-0.4, -0.2) is 24.6 Å². The fraction of sp³-hybridized carbons (Fsp3) is 0.182. The van der Waals surface area contributed by atoms with Crippen molar-refractivity contribution < 1.29 is 19.1 Å². The Kier molecular flexibility index (Phi) is 3.33. The number of hydrogen-bond donors (Lipinski definition) is 0. The average Bonchev–Trinajstić information content (AvgIpc) is 2.27. The van der Waals surface area contributed by atoms with Crippen LogP contribution in [0.1, 0.15) is 15.9 Å². The summed E-state index contributed by atoms with van der Waals surface area (Å²) in [6, 6.07) is 6.38. The molecule has 0 spiro atoms. The molecule has 1 aromatic rings. The number of aryl methyl sites for hydroxylation is 1. The Morgan fingerprint density at radius 3 is 2.07 bits per heavy atom. The minimum Gasteiger partial charge on any atom is -0.463 e. The second-order valence-corrected chi connectivity index (χ2v) is 3.02.